The maximum absolute atomic E-state index is 12.0. The Morgan fingerprint density at radius 2 is 2.05 bits per heavy atom. The molecule has 5 heteroatoms. The van der Waals surface area contributed by atoms with Crippen LogP contribution >= 0.6 is 11.6 Å². The molecule has 1 N–H and O–H groups in total. The third-order valence-electron chi connectivity index (χ3n) is 3.21. The van der Waals surface area contributed by atoms with Gasteiger partial charge in [0.25, 0.3) is 5.91 Å². The maximum Gasteiger partial charge on any atom is 0.254 e. The molecule has 1 aromatic carbocycles. The second-order valence-corrected chi connectivity index (χ2v) is 5.94. The Balaban J connectivity index is 2.73. The molecule has 1 amide bonds. The van der Waals surface area contributed by atoms with Crippen LogP contribution in [0.3, 0.4) is 0 Å². The van der Waals surface area contributed by atoms with Crippen LogP contribution in [-0.2, 0) is 4.74 Å². The molecule has 0 fully saturated rings. The van der Waals surface area contributed by atoms with Gasteiger partial charge in [-0.1, -0.05) is 11.6 Å². The summed E-state index contributed by atoms with van der Waals surface area (Å²) in [7, 11) is 5.12. The van der Waals surface area contributed by atoms with Crippen molar-refractivity contribution in [2.45, 2.75) is 25.9 Å². The Bertz CT molecular complexity index is 473. The molecule has 0 aromatic heterocycles. The highest BCUT2D eigenvalue weighted by Crippen LogP contribution is 2.22. The van der Waals surface area contributed by atoms with E-state index in [1.54, 1.807) is 33.3 Å². The number of ether oxygens (including phenoxy) is 1. The first-order valence-corrected chi connectivity index (χ1v) is 6.95. The zero-order valence-corrected chi connectivity index (χ0v) is 13.5. The number of carbonyl (C=O) groups is 1. The number of nitrogens with zero attached hydrogens (tertiary/aromatic N) is 1. The summed E-state index contributed by atoms with van der Waals surface area (Å²) in [6.45, 7) is 4.84. The summed E-state index contributed by atoms with van der Waals surface area (Å²) >= 11 is 6.07. The minimum absolute atomic E-state index is 0.101. The molecule has 1 rings (SSSR count). The van der Waals surface area contributed by atoms with Gasteiger partial charge in [-0.25, -0.2) is 0 Å². The Kier molecular flexibility index (Phi) is 5.84. The number of halogens is 1. The van der Waals surface area contributed by atoms with Crippen molar-refractivity contribution in [2.24, 2.45) is 0 Å². The average Bonchev–Trinajstić information content (AvgIpc) is 2.39. The molecule has 0 saturated heterocycles. The van der Waals surface area contributed by atoms with Gasteiger partial charge in [0, 0.05) is 33.4 Å². The van der Waals surface area contributed by atoms with Crippen LogP contribution in [0.25, 0.3) is 0 Å². The lowest BCUT2D eigenvalue weighted by molar-refractivity contribution is 0.0185. The molecule has 0 aliphatic heterocycles. The molecular weight excluding hydrogens is 276 g/mol. The normalized spacial score (nSPS) is 11.3. The van der Waals surface area contributed by atoms with Crippen LogP contribution in [0.1, 0.15) is 30.6 Å². The van der Waals surface area contributed by atoms with E-state index in [2.05, 4.69) is 5.32 Å². The molecule has 0 atom stereocenters. The Morgan fingerprint density at radius 1 is 1.40 bits per heavy atom. The fourth-order valence-electron chi connectivity index (χ4n) is 1.65. The summed E-state index contributed by atoms with van der Waals surface area (Å²) in [6.07, 6.45) is 0.864. The van der Waals surface area contributed by atoms with Gasteiger partial charge in [0.1, 0.15) is 0 Å². The minimum atomic E-state index is -0.165. The molecule has 0 radical (unpaired) electrons. The molecule has 0 aliphatic rings. The molecule has 0 unspecified atom stereocenters. The van der Waals surface area contributed by atoms with Crippen LogP contribution in [0.15, 0.2) is 18.2 Å². The van der Waals surface area contributed by atoms with E-state index in [4.69, 9.17) is 16.3 Å². The number of anilines is 1. The molecular formula is C15H23ClN2O2. The van der Waals surface area contributed by atoms with Gasteiger partial charge < -0.3 is 15.0 Å². The summed E-state index contributed by atoms with van der Waals surface area (Å²) in [4.78, 5) is 13.5. The highest BCUT2D eigenvalue weighted by Gasteiger charge is 2.16. The van der Waals surface area contributed by atoms with E-state index in [1.807, 2.05) is 19.9 Å². The number of amides is 1. The van der Waals surface area contributed by atoms with E-state index in [1.165, 1.54) is 4.90 Å². The number of hydrogen-bond donors (Lipinski definition) is 1. The smallest absolute Gasteiger partial charge is 0.254 e. The quantitative estimate of drug-likeness (QED) is 0.876. The van der Waals surface area contributed by atoms with Crippen molar-refractivity contribution in [3.63, 3.8) is 0 Å². The van der Waals surface area contributed by atoms with E-state index in [9.17, 15) is 4.79 Å². The molecule has 1 aromatic rings. The van der Waals surface area contributed by atoms with Gasteiger partial charge in [-0.3, -0.25) is 4.79 Å². The largest absolute Gasteiger partial charge is 0.385 e. The fraction of sp³-hybridized carbons (Fsp3) is 0.533. The average molecular weight is 299 g/mol. The van der Waals surface area contributed by atoms with Crippen LogP contribution in [0.5, 0.6) is 0 Å². The van der Waals surface area contributed by atoms with Crippen LogP contribution in [0.4, 0.5) is 5.69 Å². The summed E-state index contributed by atoms with van der Waals surface area (Å²) in [5.41, 5.74) is 1.22. The van der Waals surface area contributed by atoms with Gasteiger partial charge in [0.15, 0.2) is 0 Å². The van der Waals surface area contributed by atoms with Crippen LogP contribution in [0, 0.1) is 0 Å². The molecule has 0 aliphatic carbocycles. The lowest BCUT2D eigenvalue weighted by atomic mass is 10.1. The highest BCUT2D eigenvalue weighted by molar-refractivity contribution is 6.34. The number of nitrogens with one attached hydrogen (secondary N) is 1. The Morgan fingerprint density at radius 3 is 2.60 bits per heavy atom. The molecule has 0 saturated carbocycles. The third kappa shape index (κ3) is 4.69. The van der Waals surface area contributed by atoms with E-state index in [0.717, 1.165) is 18.7 Å². The van der Waals surface area contributed by atoms with E-state index in [-0.39, 0.29) is 11.5 Å². The Hall–Kier alpha value is -1.26. The van der Waals surface area contributed by atoms with Gasteiger partial charge in [-0.05, 0) is 38.5 Å². The van der Waals surface area contributed by atoms with Crippen LogP contribution < -0.4 is 5.32 Å². The van der Waals surface area contributed by atoms with E-state index < -0.39 is 0 Å². The molecule has 4 nitrogen and oxygen atoms in total. The van der Waals surface area contributed by atoms with E-state index >= 15 is 0 Å². The number of carbonyl (C=O) groups excluding carboxylic acids is 1. The lowest BCUT2D eigenvalue weighted by Crippen LogP contribution is -2.26. The van der Waals surface area contributed by atoms with Crippen molar-refractivity contribution in [1.82, 2.24) is 4.90 Å². The summed E-state index contributed by atoms with van der Waals surface area (Å²) in [6, 6.07) is 5.39. The molecule has 0 spiro atoms. The Labute approximate surface area is 126 Å². The molecule has 20 heavy (non-hydrogen) atoms. The zero-order valence-electron chi connectivity index (χ0n) is 12.8. The summed E-state index contributed by atoms with van der Waals surface area (Å²) < 4.78 is 5.37. The van der Waals surface area contributed by atoms with Gasteiger partial charge >= 0.3 is 0 Å². The topological polar surface area (TPSA) is 41.6 Å². The first kappa shape index (κ1) is 16.8. The SMILES string of the molecule is COC(C)(C)CCNc1ccc(Cl)c(C(=O)N(C)C)c1. The van der Waals surface area contributed by atoms with Crippen molar-refractivity contribution in [2.75, 3.05) is 33.1 Å². The predicted molar refractivity (Wildman–Crippen MR) is 83.7 cm³/mol. The first-order chi connectivity index (χ1) is 9.26. The maximum atomic E-state index is 12.0. The number of benzene rings is 1. The second kappa shape index (κ2) is 6.95. The third-order valence-corrected chi connectivity index (χ3v) is 3.54. The monoisotopic (exact) mass is 298 g/mol. The van der Waals surface area contributed by atoms with Crippen molar-refractivity contribution in [3.8, 4) is 0 Å². The number of rotatable bonds is 6. The van der Waals surface area contributed by atoms with Gasteiger partial charge in [0.05, 0.1) is 16.2 Å². The highest BCUT2D eigenvalue weighted by atomic mass is 35.5. The fourth-order valence-corrected chi connectivity index (χ4v) is 1.85. The van der Waals surface area contributed by atoms with Gasteiger partial charge in [-0.2, -0.15) is 0 Å². The van der Waals surface area contributed by atoms with Crippen molar-refractivity contribution in [1.29, 1.82) is 0 Å². The molecule has 0 heterocycles. The standard InChI is InChI=1S/C15H23ClN2O2/c1-15(2,20-5)8-9-17-11-6-7-13(16)12(10-11)14(19)18(3)4/h6-7,10,17H,8-9H2,1-5H3. The van der Waals surface area contributed by atoms with Crippen molar-refractivity contribution < 1.29 is 9.53 Å². The lowest BCUT2D eigenvalue weighted by Gasteiger charge is -2.23. The second-order valence-electron chi connectivity index (χ2n) is 5.53. The first-order valence-electron chi connectivity index (χ1n) is 6.57. The van der Waals surface area contributed by atoms with Crippen molar-refractivity contribution in [3.05, 3.63) is 28.8 Å². The van der Waals surface area contributed by atoms with Crippen LogP contribution in [0.2, 0.25) is 5.02 Å². The number of methoxy groups -OCH3 is 1. The molecule has 0 bridgehead atoms. The summed E-state index contributed by atoms with van der Waals surface area (Å²) in [5.74, 6) is -0.101. The van der Waals surface area contributed by atoms with Gasteiger partial charge in [-0.15, -0.1) is 0 Å². The van der Waals surface area contributed by atoms with Crippen LogP contribution in [-0.4, -0.2) is 44.2 Å². The number of hydrogen-bond acceptors (Lipinski definition) is 3. The predicted octanol–water partition coefficient (Wildman–Crippen LogP) is 3.27. The van der Waals surface area contributed by atoms with Crippen molar-refractivity contribution >= 4 is 23.2 Å². The van der Waals surface area contributed by atoms with E-state index in [0.29, 0.717) is 10.6 Å². The minimum Gasteiger partial charge on any atom is -0.385 e. The molecule has 112 valence electrons. The summed E-state index contributed by atoms with van der Waals surface area (Å²) in [5, 5.41) is 3.75. The van der Waals surface area contributed by atoms with Gasteiger partial charge in [0.2, 0.25) is 0 Å². The zero-order chi connectivity index (χ0) is 15.3.